The Balaban J connectivity index is 2.45. The lowest BCUT2D eigenvalue weighted by molar-refractivity contribution is 0.414. The molecule has 0 bridgehead atoms. The maximum absolute atomic E-state index is 13.3. The maximum Gasteiger partial charge on any atom is 0.264 e. The molecule has 0 aromatic heterocycles. The van der Waals surface area contributed by atoms with Crippen LogP contribution in [0.4, 0.5) is 10.1 Å². The molecule has 2 rings (SSSR count). The zero-order valence-electron chi connectivity index (χ0n) is 12.1. The molecule has 0 aliphatic heterocycles. The topological polar surface area (TPSA) is 46.6 Å². The predicted molar refractivity (Wildman–Crippen MR) is 84.6 cm³/mol. The first-order chi connectivity index (χ1) is 10.4. The van der Waals surface area contributed by atoms with E-state index in [2.05, 4.69) is 0 Å². The van der Waals surface area contributed by atoms with Gasteiger partial charge in [0.25, 0.3) is 10.0 Å². The van der Waals surface area contributed by atoms with Crippen LogP contribution in [-0.4, -0.2) is 22.1 Å². The third-order valence-corrected chi connectivity index (χ3v) is 5.33. The van der Waals surface area contributed by atoms with Gasteiger partial charge in [-0.15, -0.1) is 0 Å². The van der Waals surface area contributed by atoms with Crippen molar-refractivity contribution < 1.29 is 17.5 Å². The monoisotopic (exact) mass is 343 g/mol. The van der Waals surface area contributed by atoms with Gasteiger partial charge in [0.2, 0.25) is 0 Å². The highest BCUT2D eigenvalue weighted by atomic mass is 35.5. The van der Waals surface area contributed by atoms with E-state index in [9.17, 15) is 12.8 Å². The van der Waals surface area contributed by atoms with E-state index in [-0.39, 0.29) is 16.5 Å². The third-order valence-electron chi connectivity index (χ3n) is 3.13. The van der Waals surface area contributed by atoms with Crippen LogP contribution in [-0.2, 0) is 10.0 Å². The number of nitrogens with zero attached hydrogens (tertiary/aromatic N) is 1. The number of rotatable bonds is 5. The van der Waals surface area contributed by atoms with Crippen LogP contribution in [0.25, 0.3) is 0 Å². The fourth-order valence-corrected chi connectivity index (χ4v) is 3.65. The SMILES string of the molecule is CCN(c1ccc(F)c(Cl)c1)S(=O)(=O)c1ccc(OC)cc1. The summed E-state index contributed by atoms with van der Waals surface area (Å²) < 4.78 is 44.9. The van der Waals surface area contributed by atoms with E-state index in [1.165, 1.54) is 35.7 Å². The highest BCUT2D eigenvalue weighted by Crippen LogP contribution is 2.28. The van der Waals surface area contributed by atoms with Crippen LogP contribution in [0.15, 0.2) is 47.4 Å². The minimum atomic E-state index is -3.76. The molecule has 0 aliphatic rings. The molecular formula is C15H15ClFNO3S. The van der Waals surface area contributed by atoms with Crippen LogP contribution < -0.4 is 9.04 Å². The van der Waals surface area contributed by atoms with E-state index < -0.39 is 15.8 Å². The maximum atomic E-state index is 13.3. The van der Waals surface area contributed by atoms with E-state index in [0.717, 1.165) is 6.07 Å². The summed E-state index contributed by atoms with van der Waals surface area (Å²) in [6, 6.07) is 9.87. The summed E-state index contributed by atoms with van der Waals surface area (Å²) in [5.41, 5.74) is 0.310. The second kappa shape index (κ2) is 6.54. The number of benzene rings is 2. The lowest BCUT2D eigenvalue weighted by Gasteiger charge is -2.23. The number of hydrogen-bond acceptors (Lipinski definition) is 3. The normalized spacial score (nSPS) is 11.3. The highest BCUT2D eigenvalue weighted by molar-refractivity contribution is 7.92. The minimum Gasteiger partial charge on any atom is -0.497 e. The number of sulfonamides is 1. The molecule has 0 fully saturated rings. The van der Waals surface area contributed by atoms with Gasteiger partial charge in [0.15, 0.2) is 0 Å². The molecule has 7 heteroatoms. The Morgan fingerprint density at radius 1 is 1.18 bits per heavy atom. The van der Waals surface area contributed by atoms with Crippen molar-refractivity contribution in [2.75, 3.05) is 18.0 Å². The van der Waals surface area contributed by atoms with E-state index in [1.54, 1.807) is 19.1 Å². The number of methoxy groups -OCH3 is 1. The molecule has 0 N–H and O–H groups in total. The summed E-state index contributed by atoms with van der Waals surface area (Å²) in [5.74, 6) is -0.0323. The smallest absolute Gasteiger partial charge is 0.264 e. The molecule has 0 radical (unpaired) electrons. The van der Waals surface area contributed by atoms with Gasteiger partial charge in [-0.3, -0.25) is 4.31 Å². The molecule has 0 spiro atoms. The van der Waals surface area contributed by atoms with Crippen LogP contribution >= 0.6 is 11.6 Å². The summed E-state index contributed by atoms with van der Waals surface area (Å²) in [7, 11) is -2.26. The van der Waals surface area contributed by atoms with E-state index >= 15 is 0 Å². The summed E-state index contributed by atoms with van der Waals surface area (Å²) in [5, 5.41) is -0.124. The number of hydrogen-bond donors (Lipinski definition) is 0. The van der Waals surface area contributed by atoms with Crippen molar-refractivity contribution >= 4 is 27.3 Å². The number of anilines is 1. The van der Waals surface area contributed by atoms with Crippen LogP contribution in [0.5, 0.6) is 5.75 Å². The summed E-state index contributed by atoms with van der Waals surface area (Å²) >= 11 is 5.74. The minimum absolute atomic E-state index is 0.121. The Hall–Kier alpha value is -1.79. The van der Waals surface area contributed by atoms with Crippen molar-refractivity contribution in [2.24, 2.45) is 0 Å². The molecule has 22 heavy (non-hydrogen) atoms. The molecule has 0 aliphatic carbocycles. The molecule has 0 unspecified atom stereocenters. The number of halogens is 2. The fraction of sp³-hybridized carbons (Fsp3) is 0.200. The van der Waals surface area contributed by atoms with Crippen molar-refractivity contribution in [3.63, 3.8) is 0 Å². The van der Waals surface area contributed by atoms with Gasteiger partial charge >= 0.3 is 0 Å². The highest BCUT2D eigenvalue weighted by Gasteiger charge is 2.24. The largest absolute Gasteiger partial charge is 0.497 e. The van der Waals surface area contributed by atoms with Gasteiger partial charge in [0.05, 0.1) is 22.7 Å². The quantitative estimate of drug-likeness (QED) is 0.831. The van der Waals surface area contributed by atoms with Crippen molar-refractivity contribution in [3.05, 3.63) is 53.3 Å². The Morgan fingerprint density at radius 2 is 1.82 bits per heavy atom. The molecule has 0 heterocycles. The molecule has 2 aromatic rings. The lowest BCUT2D eigenvalue weighted by atomic mass is 10.3. The van der Waals surface area contributed by atoms with Gasteiger partial charge in [0, 0.05) is 6.54 Å². The number of ether oxygens (including phenoxy) is 1. The third kappa shape index (κ3) is 3.18. The second-order valence-electron chi connectivity index (χ2n) is 4.44. The van der Waals surface area contributed by atoms with Crippen LogP contribution in [0.3, 0.4) is 0 Å². The van der Waals surface area contributed by atoms with Crippen LogP contribution in [0.2, 0.25) is 5.02 Å². The average molecular weight is 344 g/mol. The van der Waals surface area contributed by atoms with Crippen LogP contribution in [0.1, 0.15) is 6.92 Å². The average Bonchev–Trinajstić information content (AvgIpc) is 2.51. The first-order valence-electron chi connectivity index (χ1n) is 6.52. The summed E-state index contributed by atoms with van der Waals surface area (Å²) in [4.78, 5) is 0.121. The molecule has 0 saturated carbocycles. The molecular weight excluding hydrogens is 329 g/mol. The molecule has 2 aromatic carbocycles. The Morgan fingerprint density at radius 3 is 2.32 bits per heavy atom. The second-order valence-corrected chi connectivity index (χ2v) is 6.71. The zero-order valence-corrected chi connectivity index (χ0v) is 13.7. The van der Waals surface area contributed by atoms with Gasteiger partial charge in [-0.2, -0.15) is 0 Å². The van der Waals surface area contributed by atoms with E-state index in [1.807, 2.05) is 0 Å². The Labute approximate surface area is 134 Å². The first-order valence-corrected chi connectivity index (χ1v) is 8.33. The van der Waals surface area contributed by atoms with Crippen molar-refractivity contribution in [1.29, 1.82) is 0 Å². The zero-order chi connectivity index (χ0) is 16.3. The predicted octanol–water partition coefficient (Wildman–Crippen LogP) is 3.70. The van der Waals surface area contributed by atoms with Gasteiger partial charge in [-0.25, -0.2) is 12.8 Å². The lowest BCUT2D eigenvalue weighted by Crippen LogP contribution is -2.30. The van der Waals surface area contributed by atoms with E-state index in [4.69, 9.17) is 16.3 Å². The first kappa shape index (κ1) is 16.6. The van der Waals surface area contributed by atoms with Gasteiger partial charge in [-0.05, 0) is 49.4 Å². The summed E-state index contributed by atoms with van der Waals surface area (Å²) in [6.45, 7) is 1.88. The van der Waals surface area contributed by atoms with Crippen molar-refractivity contribution in [1.82, 2.24) is 0 Å². The Bertz CT molecular complexity index is 763. The standard InChI is InChI=1S/C15H15ClFNO3S/c1-3-18(11-4-9-15(17)14(16)10-11)22(19,20)13-7-5-12(21-2)6-8-13/h4-10H,3H2,1-2H3. The molecule has 4 nitrogen and oxygen atoms in total. The van der Waals surface area contributed by atoms with Gasteiger partial charge in [-0.1, -0.05) is 11.6 Å². The van der Waals surface area contributed by atoms with Crippen LogP contribution in [0, 0.1) is 5.82 Å². The van der Waals surface area contributed by atoms with Crippen molar-refractivity contribution in [2.45, 2.75) is 11.8 Å². The van der Waals surface area contributed by atoms with Gasteiger partial charge < -0.3 is 4.74 Å². The van der Waals surface area contributed by atoms with Gasteiger partial charge in [0.1, 0.15) is 11.6 Å². The van der Waals surface area contributed by atoms with Crippen molar-refractivity contribution in [3.8, 4) is 5.75 Å². The fourth-order valence-electron chi connectivity index (χ4n) is 2.01. The molecule has 118 valence electrons. The molecule has 0 saturated heterocycles. The molecule has 0 atom stereocenters. The molecule has 0 amide bonds. The van der Waals surface area contributed by atoms with E-state index in [0.29, 0.717) is 11.4 Å². The Kier molecular flexibility index (Phi) is 4.93. The summed E-state index contributed by atoms with van der Waals surface area (Å²) in [6.07, 6.45) is 0.